The van der Waals surface area contributed by atoms with Crippen LogP contribution in [0, 0.1) is 22.7 Å². The van der Waals surface area contributed by atoms with Crippen molar-refractivity contribution in [2.24, 2.45) is 0 Å². The SMILES string of the molecule is N#Cc1ccc(C#N)c(NN(c2ccccc2)P(=O)(O)O)c1. The van der Waals surface area contributed by atoms with E-state index in [1.54, 1.807) is 18.2 Å². The molecule has 0 amide bonds. The highest BCUT2D eigenvalue weighted by molar-refractivity contribution is 7.53. The van der Waals surface area contributed by atoms with Crippen molar-refractivity contribution in [1.82, 2.24) is 0 Å². The Morgan fingerprint density at radius 2 is 1.73 bits per heavy atom. The van der Waals surface area contributed by atoms with Gasteiger partial charge < -0.3 is 9.79 Å². The summed E-state index contributed by atoms with van der Waals surface area (Å²) < 4.78 is 12.4. The highest BCUT2D eigenvalue weighted by Gasteiger charge is 2.27. The van der Waals surface area contributed by atoms with E-state index in [4.69, 9.17) is 10.5 Å². The van der Waals surface area contributed by atoms with Crippen molar-refractivity contribution in [1.29, 1.82) is 10.5 Å². The summed E-state index contributed by atoms with van der Waals surface area (Å²) in [6, 6.07) is 16.0. The van der Waals surface area contributed by atoms with Gasteiger partial charge in [0.15, 0.2) is 0 Å². The molecule has 2 aromatic rings. The van der Waals surface area contributed by atoms with E-state index in [9.17, 15) is 14.4 Å². The molecule has 0 aliphatic heterocycles. The molecule has 0 aromatic heterocycles. The molecule has 8 heteroatoms. The first-order valence-electron chi connectivity index (χ1n) is 6.08. The Kier molecular flexibility index (Phi) is 4.45. The number of para-hydroxylation sites is 1. The predicted octanol–water partition coefficient (Wildman–Crippen LogP) is 2.36. The van der Waals surface area contributed by atoms with Gasteiger partial charge >= 0.3 is 7.75 Å². The van der Waals surface area contributed by atoms with Crippen LogP contribution >= 0.6 is 7.75 Å². The van der Waals surface area contributed by atoms with Crippen molar-refractivity contribution >= 4 is 19.1 Å². The summed E-state index contributed by atoms with van der Waals surface area (Å²) in [6.07, 6.45) is 0. The molecule has 0 spiro atoms. The Balaban J connectivity index is 2.48. The second kappa shape index (κ2) is 6.30. The fraction of sp³-hybridized carbons (Fsp3) is 0. The van der Waals surface area contributed by atoms with Crippen LogP contribution < -0.4 is 10.2 Å². The van der Waals surface area contributed by atoms with Gasteiger partial charge in [-0.05, 0) is 30.3 Å². The molecule has 0 aliphatic rings. The molecule has 22 heavy (non-hydrogen) atoms. The van der Waals surface area contributed by atoms with Crippen LogP contribution in [0.1, 0.15) is 11.1 Å². The lowest BCUT2D eigenvalue weighted by atomic mass is 10.1. The number of nitriles is 2. The van der Waals surface area contributed by atoms with Gasteiger partial charge in [-0.15, -0.1) is 0 Å². The summed E-state index contributed by atoms with van der Waals surface area (Å²) in [5.41, 5.74) is 3.31. The maximum absolute atomic E-state index is 11.7. The van der Waals surface area contributed by atoms with Gasteiger partial charge in [0.1, 0.15) is 6.07 Å². The zero-order chi connectivity index (χ0) is 16.2. The van der Waals surface area contributed by atoms with Gasteiger partial charge in [0, 0.05) is 0 Å². The lowest BCUT2D eigenvalue weighted by Gasteiger charge is -2.27. The fourth-order valence-corrected chi connectivity index (χ4v) is 2.44. The van der Waals surface area contributed by atoms with E-state index in [0.717, 1.165) is 0 Å². The number of hydrogen-bond donors (Lipinski definition) is 3. The van der Waals surface area contributed by atoms with E-state index in [-0.39, 0.29) is 22.5 Å². The van der Waals surface area contributed by atoms with Gasteiger partial charge in [-0.3, -0.25) is 5.43 Å². The van der Waals surface area contributed by atoms with Crippen LogP contribution in [0.4, 0.5) is 11.4 Å². The fourth-order valence-electron chi connectivity index (χ4n) is 1.77. The molecule has 0 saturated carbocycles. The maximum Gasteiger partial charge on any atom is 0.448 e. The average molecular weight is 314 g/mol. The molecule has 0 atom stereocenters. The minimum atomic E-state index is -4.69. The third-order valence-electron chi connectivity index (χ3n) is 2.76. The molecule has 0 radical (unpaired) electrons. The molecule has 0 unspecified atom stereocenters. The van der Waals surface area contributed by atoms with E-state index >= 15 is 0 Å². The summed E-state index contributed by atoms with van der Waals surface area (Å²) in [7, 11) is -4.69. The number of nitrogens with one attached hydrogen (secondary N) is 1. The number of nitrogens with zero attached hydrogens (tertiary/aromatic N) is 3. The van der Waals surface area contributed by atoms with Gasteiger partial charge in [0.05, 0.1) is 28.6 Å². The van der Waals surface area contributed by atoms with Crippen LogP contribution in [-0.4, -0.2) is 9.79 Å². The molecule has 110 valence electrons. The summed E-state index contributed by atoms with van der Waals surface area (Å²) in [5.74, 6) is 0. The number of hydrogen-bond acceptors (Lipinski definition) is 4. The quantitative estimate of drug-likeness (QED) is 0.585. The third kappa shape index (κ3) is 3.43. The van der Waals surface area contributed by atoms with Gasteiger partial charge in [0.25, 0.3) is 0 Å². The van der Waals surface area contributed by atoms with Gasteiger partial charge in [-0.2, -0.15) is 15.3 Å². The zero-order valence-electron chi connectivity index (χ0n) is 11.2. The molecule has 0 aliphatic carbocycles. The van der Waals surface area contributed by atoms with Crippen LogP contribution in [-0.2, 0) is 4.57 Å². The molecule has 0 saturated heterocycles. The minimum absolute atomic E-state index is 0.133. The van der Waals surface area contributed by atoms with E-state index in [1.807, 2.05) is 12.1 Å². The van der Waals surface area contributed by atoms with Crippen molar-refractivity contribution in [2.45, 2.75) is 0 Å². The second-order valence-electron chi connectivity index (χ2n) is 4.26. The van der Waals surface area contributed by atoms with Crippen molar-refractivity contribution in [3.8, 4) is 12.1 Å². The van der Waals surface area contributed by atoms with Gasteiger partial charge in [-0.25, -0.2) is 4.57 Å². The second-order valence-corrected chi connectivity index (χ2v) is 5.68. The molecule has 0 heterocycles. The van der Waals surface area contributed by atoms with Crippen molar-refractivity contribution in [3.05, 3.63) is 59.7 Å². The first kappa shape index (κ1) is 15.6. The number of hydrazine groups is 1. The Morgan fingerprint density at radius 3 is 2.27 bits per heavy atom. The van der Waals surface area contributed by atoms with Gasteiger partial charge in [0.2, 0.25) is 0 Å². The smallest absolute Gasteiger partial charge is 0.307 e. The Hall–Kier alpha value is -2.83. The molecular weight excluding hydrogens is 303 g/mol. The van der Waals surface area contributed by atoms with E-state index in [2.05, 4.69) is 5.43 Å². The molecule has 3 N–H and O–H groups in total. The predicted molar refractivity (Wildman–Crippen MR) is 80.5 cm³/mol. The Morgan fingerprint density at radius 1 is 1.05 bits per heavy atom. The monoisotopic (exact) mass is 314 g/mol. The highest BCUT2D eigenvalue weighted by atomic mass is 31.2. The van der Waals surface area contributed by atoms with Crippen LogP contribution in [0.15, 0.2) is 48.5 Å². The Labute approximate surface area is 126 Å². The summed E-state index contributed by atoms with van der Waals surface area (Å²) in [5, 5.41) is 18.0. The highest BCUT2D eigenvalue weighted by Crippen LogP contribution is 2.43. The number of benzene rings is 2. The summed E-state index contributed by atoms with van der Waals surface area (Å²) in [4.78, 5) is 19.0. The molecular formula is C14H11N4O3P. The normalized spacial score (nSPS) is 10.4. The number of anilines is 2. The van der Waals surface area contributed by atoms with E-state index in [1.165, 1.54) is 30.3 Å². The largest absolute Gasteiger partial charge is 0.448 e. The Bertz CT molecular complexity index is 805. The third-order valence-corrected chi connectivity index (χ3v) is 3.61. The summed E-state index contributed by atoms with van der Waals surface area (Å²) in [6.45, 7) is 0. The standard InChI is InChI=1S/C14H11N4O3P/c15-9-11-6-7-12(10-16)14(8-11)17-18(22(19,20)21)13-4-2-1-3-5-13/h1-8,17H,(H2,19,20,21). The summed E-state index contributed by atoms with van der Waals surface area (Å²) >= 11 is 0. The lowest BCUT2D eigenvalue weighted by molar-refractivity contribution is 0.371. The molecule has 0 fully saturated rings. The van der Waals surface area contributed by atoms with Crippen LogP contribution in [0.2, 0.25) is 0 Å². The lowest BCUT2D eigenvalue weighted by Crippen LogP contribution is -2.26. The topological polar surface area (TPSA) is 120 Å². The first-order chi connectivity index (χ1) is 10.5. The van der Waals surface area contributed by atoms with E-state index < -0.39 is 7.75 Å². The first-order valence-corrected chi connectivity index (χ1v) is 7.64. The maximum atomic E-state index is 11.7. The van der Waals surface area contributed by atoms with Crippen molar-refractivity contribution in [3.63, 3.8) is 0 Å². The van der Waals surface area contributed by atoms with E-state index in [0.29, 0.717) is 4.78 Å². The van der Waals surface area contributed by atoms with Crippen LogP contribution in [0.3, 0.4) is 0 Å². The zero-order valence-corrected chi connectivity index (χ0v) is 12.1. The average Bonchev–Trinajstić information content (AvgIpc) is 2.52. The van der Waals surface area contributed by atoms with Crippen molar-refractivity contribution in [2.75, 3.05) is 10.2 Å². The molecule has 7 nitrogen and oxygen atoms in total. The minimum Gasteiger partial charge on any atom is -0.307 e. The van der Waals surface area contributed by atoms with Crippen molar-refractivity contribution < 1.29 is 14.4 Å². The van der Waals surface area contributed by atoms with Crippen LogP contribution in [0.5, 0.6) is 0 Å². The van der Waals surface area contributed by atoms with Gasteiger partial charge in [-0.1, -0.05) is 18.2 Å². The van der Waals surface area contributed by atoms with Crippen LogP contribution in [0.25, 0.3) is 0 Å². The molecule has 2 aromatic carbocycles. The molecule has 0 bridgehead atoms. The number of rotatable bonds is 4. The molecule has 2 rings (SSSR count).